The van der Waals surface area contributed by atoms with Crippen molar-refractivity contribution in [3.05, 3.63) is 41.9 Å². The highest BCUT2D eigenvalue weighted by Gasteiger charge is 2.27. The number of rotatable bonds is 5. The number of hydrogen-bond donors (Lipinski definition) is 1. The maximum atomic E-state index is 6.15. The van der Waals surface area contributed by atoms with Crippen molar-refractivity contribution in [2.45, 2.75) is 57.6 Å². The molecule has 1 atom stereocenters. The molecule has 3 heterocycles. The molecule has 31 heavy (non-hydrogen) atoms. The normalized spacial score (nSPS) is 24.0. The van der Waals surface area contributed by atoms with Gasteiger partial charge in [-0.25, -0.2) is 4.98 Å². The average Bonchev–Trinajstić information content (AvgIpc) is 3.40. The maximum Gasteiger partial charge on any atom is 0.213 e. The van der Waals surface area contributed by atoms with E-state index in [4.69, 9.17) is 4.74 Å². The van der Waals surface area contributed by atoms with E-state index in [0.29, 0.717) is 18.6 Å². The summed E-state index contributed by atoms with van der Waals surface area (Å²) < 4.78 is 8.03. The van der Waals surface area contributed by atoms with Crippen LogP contribution in [0.4, 0.5) is 0 Å². The van der Waals surface area contributed by atoms with Gasteiger partial charge in [0.1, 0.15) is 6.10 Å². The number of nitrogens with zero attached hydrogens (tertiary/aromatic N) is 5. The molecular weight excluding hydrogens is 503 g/mol. The fourth-order valence-electron chi connectivity index (χ4n) is 4.53. The fraction of sp³-hybridized carbons (Fsp3) is 0.609. The van der Waals surface area contributed by atoms with Crippen molar-refractivity contribution in [1.29, 1.82) is 0 Å². The molecule has 0 amide bonds. The van der Waals surface area contributed by atoms with E-state index in [1.807, 2.05) is 37.2 Å². The van der Waals surface area contributed by atoms with Crippen LogP contribution in [0.1, 0.15) is 56.1 Å². The molecule has 1 aliphatic carbocycles. The van der Waals surface area contributed by atoms with Crippen LogP contribution in [0.5, 0.6) is 5.88 Å². The molecule has 0 aromatic carbocycles. The van der Waals surface area contributed by atoms with Gasteiger partial charge in [-0.15, -0.1) is 24.0 Å². The first-order valence-corrected chi connectivity index (χ1v) is 11.2. The molecule has 1 saturated carbocycles. The number of likely N-dealkylation sites (tertiary alicyclic amines) is 1. The van der Waals surface area contributed by atoms with Gasteiger partial charge in [-0.3, -0.25) is 9.67 Å². The zero-order valence-electron chi connectivity index (χ0n) is 18.8. The zero-order valence-corrected chi connectivity index (χ0v) is 21.2. The molecule has 7 nitrogen and oxygen atoms in total. The molecule has 8 heteroatoms. The van der Waals surface area contributed by atoms with Gasteiger partial charge >= 0.3 is 0 Å². The lowest BCUT2D eigenvalue weighted by molar-refractivity contribution is 0.130. The lowest BCUT2D eigenvalue weighted by Gasteiger charge is -2.26. The number of nitrogens with one attached hydrogen (secondary N) is 1. The van der Waals surface area contributed by atoms with E-state index >= 15 is 0 Å². The van der Waals surface area contributed by atoms with Gasteiger partial charge in [0.05, 0.1) is 6.20 Å². The summed E-state index contributed by atoms with van der Waals surface area (Å²) in [4.78, 5) is 11.3. The van der Waals surface area contributed by atoms with Crippen LogP contribution in [0.3, 0.4) is 0 Å². The molecule has 1 saturated heterocycles. The third-order valence-electron chi connectivity index (χ3n) is 6.40. The Morgan fingerprint density at radius 2 is 2.06 bits per heavy atom. The minimum Gasteiger partial charge on any atom is -0.474 e. The highest BCUT2D eigenvalue weighted by Crippen LogP contribution is 2.28. The topological polar surface area (TPSA) is 67.6 Å². The third-order valence-corrected chi connectivity index (χ3v) is 6.40. The first kappa shape index (κ1) is 23.8. The number of halogens is 1. The summed E-state index contributed by atoms with van der Waals surface area (Å²) in [5, 5.41) is 7.83. The molecule has 1 N–H and O–H groups in total. The smallest absolute Gasteiger partial charge is 0.213 e. The Kier molecular flexibility index (Phi) is 8.57. The van der Waals surface area contributed by atoms with Gasteiger partial charge in [0, 0.05) is 58.1 Å². The van der Waals surface area contributed by atoms with E-state index < -0.39 is 0 Å². The molecule has 2 aromatic rings. The molecule has 2 fully saturated rings. The summed E-state index contributed by atoms with van der Waals surface area (Å²) >= 11 is 0. The number of guanidine groups is 1. The molecule has 2 aliphatic rings. The summed E-state index contributed by atoms with van der Waals surface area (Å²) in [6, 6.07) is 4.10. The maximum absolute atomic E-state index is 6.15. The van der Waals surface area contributed by atoms with Crippen LogP contribution in [0.15, 0.2) is 35.7 Å². The summed E-state index contributed by atoms with van der Waals surface area (Å²) in [6.07, 6.45) is 12.1. The molecule has 0 spiro atoms. The number of ether oxygens (including phenoxy) is 1. The van der Waals surface area contributed by atoms with Crippen molar-refractivity contribution in [1.82, 2.24) is 25.0 Å². The summed E-state index contributed by atoms with van der Waals surface area (Å²) in [5.41, 5.74) is 2.47. The first-order valence-electron chi connectivity index (χ1n) is 11.2. The highest BCUT2D eigenvalue weighted by atomic mass is 127. The monoisotopic (exact) mass is 538 g/mol. The van der Waals surface area contributed by atoms with Crippen molar-refractivity contribution in [2.75, 3.05) is 20.1 Å². The van der Waals surface area contributed by atoms with E-state index in [0.717, 1.165) is 55.7 Å². The average molecular weight is 538 g/mol. The van der Waals surface area contributed by atoms with Gasteiger partial charge in [0.15, 0.2) is 5.96 Å². The van der Waals surface area contributed by atoms with Crippen LogP contribution in [0.2, 0.25) is 0 Å². The minimum absolute atomic E-state index is 0. The SMILES string of the molecule is CN=C(NCc1ccnc(OC2CCC(C)CC2)c1)N1CCC(c2cnn(C)c2)C1.I. The molecule has 1 unspecified atom stereocenters. The summed E-state index contributed by atoms with van der Waals surface area (Å²) in [5.74, 6) is 3.02. The third kappa shape index (κ3) is 6.33. The molecule has 2 aromatic heterocycles. The van der Waals surface area contributed by atoms with Crippen molar-refractivity contribution < 1.29 is 4.74 Å². The highest BCUT2D eigenvalue weighted by molar-refractivity contribution is 14.0. The largest absolute Gasteiger partial charge is 0.474 e. The van der Waals surface area contributed by atoms with Gasteiger partial charge in [0.25, 0.3) is 0 Å². The Bertz CT molecular complexity index is 861. The molecule has 0 bridgehead atoms. The fourth-order valence-corrected chi connectivity index (χ4v) is 4.53. The Hall–Kier alpha value is -1.84. The van der Waals surface area contributed by atoms with Crippen LogP contribution in [-0.4, -0.2) is 51.9 Å². The molecular formula is C23H35IN6O. The van der Waals surface area contributed by atoms with Gasteiger partial charge in [0.2, 0.25) is 5.88 Å². The second-order valence-electron chi connectivity index (χ2n) is 8.78. The minimum atomic E-state index is 0. The number of aryl methyl sites for hydroxylation is 1. The molecule has 170 valence electrons. The second-order valence-corrected chi connectivity index (χ2v) is 8.78. The second kappa shape index (κ2) is 11.2. The Morgan fingerprint density at radius 3 is 2.77 bits per heavy atom. The van der Waals surface area contributed by atoms with Gasteiger partial charge in [-0.1, -0.05) is 6.92 Å². The van der Waals surface area contributed by atoms with Crippen molar-refractivity contribution in [3.63, 3.8) is 0 Å². The molecule has 4 rings (SSSR count). The first-order chi connectivity index (χ1) is 14.6. The van der Waals surface area contributed by atoms with Crippen LogP contribution in [0, 0.1) is 5.92 Å². The lowest BCUT2D eigenvalue weighted by Crippen LogP contribution is -2.39. The lowest BCUT2D eigenvalue weighted by atomic mass is 9.89. The van der Waals surface area contributed by atoms with Crippen LogP contribution >= 0.6 is 24.0 Å². The van der Waals surface area contributed by atoms with Crippen molar-refractivity contribution >= 4 is 29.9 Å². The number of hydrogen-bond acceptors (Lipinski definition) is 4. The Labute approximate surface area is 202 Å². The zero-order chi connectivity index (χ0) is 20.9. The Morgan fingerprint density at radius 1 is 1.26 bits per heavy atom. The number of pyridine rings is 1. The van der Waals surface area contributed by atoms with E-state index in [-0.39, 0.29) is 24.0 Å². The summed E-state index contributed by atoms with van der Waals surface area (Å²) in [7, 11) is 3.82. The van der Waals surface area contributed by atoms with Crippen LogP contribution < -0.4 is 10.1 Å². The predicted molar refractivity (Wildman–Crippen MR) is 134 cm³/mol. The van der Waals surface area contributed by atoms with Gasteiger partial charge < -0.3 is 15.0 Å². The Balaban J connectivity index is 0.00000272. The quantitative estimate of drug-likeness (QED) is 0.355. The van der Waals surface area contributed by atoms with Crippen LogP contribution in [-0.2, 0) is 13.6 Å². The van der Waals surface area contributed by atoms with E-state index in [9.17, 15) is 0 Å². The van der Waals surface area contributed by atoms with Crippen LogP contribution in [0.25, 0.3) is 0 Å². The standard InChI is InChI=1S/C23H34N6O.HI/c1-17-4-6-21(7-5-17)30-22-12-18(8-10-25-22)13-26-23(24-2)29-11-9-19(16-29)20-14-27-28(3)15-20;/h8,10,12,14-15,17,19,21H,4-7,9,11,13,16H2,1-3H3,(H,24,26);1H. The molecule has 0 radical (unpaired) electrons. The molecule has 1 aliphatic heterocycles. The number of aromatic nitrogens is 3. The summed E-state index contributed by atoms with van der Waals surface area (Å²) in [6.45, 7) is 5.01. The van der Waals surface area contributed by atoms with E-state index in [1.165, 1.54) is 18.4 Å². The predicted octanol–water partition coefficient (Wildman–Crippen LogP) is 3.96. The van der Waals surface area contributed by atoms with E-state index in [2.05, 4.69) is 44.5 Å². The van der Waals surface area contributed by atoms with Crippen molar-refractivity contribution in [2.24, 2.45) is 18.0 Å². The van der Waals surface area contributed by atoms with Gasteiger partial charge in [-0.2, -0.15) is 5.10 Å². The van der Waals surface area contributed by atoms with Gasteiger partial charge in [-0.05, 0) is 55.2 Å². The van der Waals surface area contributed by atoms with Crippen molar-refractivity contribution in [3.8, 4) is 5.88 Å². The number of aliphatic imine (C=N–C) groups is 1. The van der Waals surface area contributed by atoms with E-state index in [1.54, 1.807) is 0 Å².